The van der Waals surface area contributed by atoms with Gasteiger partial charge in [0.05, 0.1) is 0 Å². The van der Waals surface area contributed by atoms with E-state index in [0.29, 0.717) is 16.7 Å². The third-order valence-electron chi connectivity index (χ3n) is 3.02. The Balaban J connectivity index is 2.80. The van der Waals surface area contributed by atoms with Crippen molar-refractivity contribution >= 4 is 17.3 Å². The number of benzene rings is 2. The summed E-state index contributed by atoms with van der Waals surface area (Å²) in [6.45, 7) is 3.39. The highest BCUT2D eigenvalue weighted by atomic mass is 16.4. The van der Waals surface area contributed by atoms with Gasteiger partial charge in [-0.2, -0.15) is 0 Å². The second kappa shape index (κ2) is 6.48. The van der Waals surface area contributed by atoms with Gasteiger partial charge in [-0.15, -0.1) is 0 Å². The molecule has 0 bridgehead atoms. The fraction of sp³-hybridized carbons (Fsp3) is 0. The molecule has 0 unspecified atom stereocenters. The van der Waals surface area contributed by atoms with E-state index in [2.05, 4.69) is 6.58 Å². The predicted octanol–water partition coefficient (Wildman–Crippen LogP) is 3.33. The summed E-state index contributed by atoms with van der Waals surface area (Å²) in [5, 5.41) is 9.44. The molecule has 2 aromatic rings. The highest BCUT2D eigenvalue weighted by Crippen LogP contribution is 2.27. The van der Waals surface area contributed by atoms with Crippen molar-refractivity contribution < 1.29 is 14.7 Å². The summed E-state index contributed by atoms with van der Waals surface area (Å²) in [7, 11) is 0. The maximum absolute atomic E-state index is 12.0. The number of carbonyl (C=O) groups is 2. The molecule has 104 valence electrons. The molecular formula is C18H14O3. The maximum Gasteiger partial charge on any atom is 0.340 e. The molecule has 1 N–H and O–H groups in total. The Morgan fingerprint density at radius 2 is 1.29 bits per heavy atom. The minimum absolute atomic E-state index is 0.276. The van der Waals surface area contributed by atoms with Crippen molar-refractivity contribution in [1.82, 2.24) is 0 Å². The van der Waals surface area contributed by atoms with Crippen LogP contribution in [0.5, 0.6) is 0 Å². The molecular weight excluding hydrogens is 264 g/mol. The normalized spacial score (nSPS) is 9.71. The summed E-state index contributed by atoms with van der Waals surface area (Å²) in [5.74, 6) is -1.87. The lowest BCUT2D eigenvalue weighted by Crippen LogP contribution is -2.13. The van der Waals surface area contributed by atoms with Crippen LogP contribution in [-0.2, 0) is 9.59 Å². The van der Waals surface area contributed by atoms with Gasteiger partial charge in [0.2, 0.25) is 0 Å². The fourth-order valence-electron chi connectivity index (χ4n) is 2.10. The average Bonchev–Trinajstić information content (AvgIpc) is 2.53. The minimum Gasteiger partial charge on any atom is -0.478 e. The molecule has 2 rings (SSSR count). The second-order valence-corrected chi connectivity index (χ2v) is 4.36. The minimum atomic E-state index is -1.26. The van der Waals surface area contributed by atoms with E-state index in [1.165, 1.54) is 0 Å². The first-order valence-corrected chi connectivity index (χ1v) is 6.40. The van der Waals surface area contributed by atoms with Gasteiger partial charge in [-0.05, 0) is 17.2 Å². The van der Waals surface area contributed by atoms with Crippen LogP contribution in [-0.4, -0.2) is 16.9 Å². The third-order valence-corrected chi connectivity index (χ3v) is 3.02. The van der Waals surface area contributed by atoms with E-state index >= 15 is 0 Å². The van der Waals surface area contributed by atoms with Crippen LogP contribution in [0.3, 0.4) is 0 Å². The first kappa shape index (κ1) is 14.5. The largest absolute Gasteiger partial charge is 0.478 e. The molecule has 3 heteroatoms. The van der Waals surface area contributed by atoms with Gasteiger partial charge in [-0.1, -0.05) is 67.2 Å². The van der Waals surface area contributed by atoms with Crippen LogP contribution in [0.2, 0.25) is 0 Å². The topological polar surface area (TPSA) is 54.4 Å². The zero-order valence-electron chi connectivity index (χ0n) is 11.3. The monoisotopic (exact) mass is 278 g/mol. The number of rotatable bonds is 5. The Labute approximate surface area is 122 Å². The molecule has 0 saturated heterocycles. The zero-order valence-corrected chi connectivity index (χ0v) is 11.3. The smallest absolute Gasteiger partial charge is 0.340 e. The lowest BCUT2D eigenvalue weighted by atomic mass is 9.91. The van der Waals surface area contributed by atoms with Crippen molar-refractivity contribution in [3.63, 3.8) is 0 Å². The van der Waals surface area contributed by atoms with Gasteiger partial charge in [0.15, 0.2) is 5.78 Å². The van der Waals surface area contributed by atoms with E-state index in [1.54, 1.807) is 48.5 Å². The standard InChI is InChI=1S/C18H14O3/c1-2-15(19)17(18(20)21)16(13-9-5-3-6-10-13)14-11-7-4-8-12-14/h2-12H,1H2,(H,20,21). The SMILES string of the molecule is C=CC(=O)C(C(=O)O)=C(c1ccccc1)c1ccccc1. The number of ketones is 1. The molecule has 0 spiro atoms. The van der Waals surface area contributed by atoms with Crippen molar-refractivity contribution in [2.45, 2.75) is 0 Å². The van der Waals surface area contributed by atoms with E-state index in [0.717, 1.165) is 6.08 Å². The Hall–Kier alpha value is -2.94. The Morgan fingerprint density at radius 3 is 1.62 bits per heavy atom. The summed E-state index contributed by atoms with van der Waals surface area (Å²) < 4.78 is 0. The fourth-order valence-corrected chi connectivity index (χ4v) is 2.10. The third kappa shape index (κ3) is 3.15. The van der Waals surface area contributed by atoms with E-state index in [4.69, 9.17) is 0 Å². The number of carboxylic acids is 1. The van der Waals surface area contributed by atoms with Gasteiger partial charge in [-0.3, -0.25) is 4.79 Å². The van der Waals surface area contributed by atoms with Gasteiger partial charge in [0, 0.05) is 5.57 Å². The number of hydrogen-bond donors (Lipinski definition) is 1. The molecule has 0 heterocycles. The number of aliphatic carboxylic acids is 1. The van der Waals surface area contributed by atoms with Crippen molar-refractivity contribution in [3.05, 3.63) is 90.0 Å². The van der Waals surface area contributed by atoms with Crippen molar-refractivity contribution in [1.29, 1.82) is 0 Å². The Kier molecular flexibility index (Phi) is 4.46. The Morgan fingerprint density at radius 1 is 0.857 bits per heavy atom. The zero-order chi connectivity index (χ0) is 15.2. The molecule has 0 saturated carbocycles. The van der Waals surface area contributed by atoms with Gasteiger partial charge < -0.3 is 5.11 Å². The van der Waals surface area contributed by atoms with Crippen molar-refractivity contribution in [2.24, 2.45) is 0 Å². The molecule has 0 aliphatic carbocycles. The highest BCUT2D eigenvalue weighted by Gasteiger charge is 2.22. The number of hydrogen-bond acceptors (Lipinski definition) is 2. The van der Waals surface area contributed by atoms with Crippen LogP contribution in [0.1, 0.15) is 11.1 Å². The molecule has 0 atom stereocenters. The maximum atomic E-state index is 12.0. The molecule has 3 nitrogen and oxygen atoms in total. The van der Waals surface area contributed by atoms with Crippen LogP contribution in [0.25, 0.3) is 5.57 Å². The molecule has 0 radical (unpaired) electrons. The molecule has 0 aliphatic rings. The quantitative estimate of drug-likeness (QED) is 0.518. The van der Waals surface area contributed by atoms with Gasteiger partial charge >= 0.3 is 5.97 Å². The number of allylic oxidation sites excluding steroid dienone is 1. The summed E-state index contributed by atoms with van der Waals surface area (Å²) in [4.78, 5) is 23.5. The first-order chi connectivity index (χ1) is 10.1. The van der Waals surface area contributed by atoms with Crippen LogP contribution < -0.4 is 0 Å². The van der Waals surface area contributed by atoms with Gasteiger partial charge in [0.25, 0.3) is 0 Å². The average molecular weight is 278 g/mol. The summed E-state index contributed by atoms with van der Waals surface area (Å²) in [6.07, 6.45) is 1.02. The second-order valence-electron chi connectivity index (χ2n) is 4.36. The van der Waals surface area contributed by atoms with Crippen molar-refractivity contribution in [2.75, 3.05) is 0 Å². The molecule has 0 aliphatic heterocycles. The van der Waals surface area contributed by atoms with E-state index in [9.17, 15) is 14.7 Å². The first-order valence-electron chi connectivity index (χ1n) is 6.40. The van der Waals surface area contributed by atoms with Crippen LogP contribution in [0.15, 0.2) is 78.9 Å². The molecule has 2 aromatic carbocycles. The van der Waals surface area contributed by atoms with Crippen LogP contribution in [0, 0.1) is 0 Å². The molecule has 21 heavy (non-hydrogen) atoms. The molecule has 0 fully saturated rings. The predicted molar refractivity (Wildman–Crippen MR) is 81.7 cm³/mol. The Bertz CT molecular complexity index is 656. The van der Waals surface area contributed by atoms with Gasteiger partial charge in [0.1, 0.15) is 5.57 Å². The molecule has 0 amide bonds. The number of carboxylic acid groups (broad SMARTS) is 1. The number of carbonyl (C=O) groups excluding carboxylic acids is 1. The van der Waals surface area contributed by atoms with Crippen LogP contribution >= 0.6 is 0 Å². The van der Waals surface area contributed by atoms with Crippen molar-refractivity contribution in [3.8, 4) is 0 Å². The van der Waals surface area contributed by atoms with Crippen LogP contribution in [0.4, 0.5) is 0 Å². The van der Waals surface area contributed by atoms with E-state index in [-0.39, 0.29) is 5.57 Å². The highest BCUT2D eigenvalue weighted by molar-refractivity contribution is 6.27. The van der Waals surface area contributed by atoms with E-state index < -0.39 is 11.8 Å². The summed E-state index contributed by atoms with van der Waals surface area (Å²) in [6, 6.07) is 18.0. The van der Waals surface area contributed by atoms with E-state index in [1.807, 2.05) is 12.1 Å². The lowest BCUT2D eigenvalue weighted by molar-refractivity contribution is -0.133. The lowest BCUT2D eigenvalue weighted by Gasteiger charge is -2.12. The van der Waals surface area contributed by atoms with Gasteiger partial charge in [-0.25, -0.2) is 4.79 Å². The summed E-state index contributed by atoms with van der Waals surface area (Å²) in [5.41, 5.74) is 1.48. The summed E-state index contributed by atoms with van der Waals surface area (Å²) >= 11 is 0. The molecule has 0 aromatic heterocycles.